The zero-order valence-corrected chi connectivity index (χ0v) is 13.5. The zero-order valence-electron chi connectivity index (χ0n) is 13.5. The molecule has 1 aliphatic rings. The number of nitrogens with zero attached hydrogens (tertiary/aromatic N) is 1. The summed E-state index contributed by atoms with van der Waals surface area (Å²) in [5.74, 6) is -2.06. The molecule has 7 nitrogen and oxygen atoms in total. The summed E-state index contributed by atoms with van der Waals surface area (Å²) in [6.07, 6.45) is 2.48. The van der Waals surface area contributed by atoms with Crippen LogP contribution in [0, 0.1) is 5.92 Å². The maximum absolute atomic E-state index is 12.1. The molecule has 1 heterocycles. The van der Waals surface area contributed by atoms with Crippen molar-refractivity contribution in [3.05, 3.63) is 12.3 Å². The Kier molecular flexibility index (Phi) is 5.84. The molecule has 0 radical (unpaired) electrons. The lowest BCUT2D eigenvalue weighted by Gasteiger charge is -2.27. The maximum Gasteiger partial charge on any atom is 0.408 e. The van der Waals surface area contributed by atoms with Gasteiger partial charge >= 0.3 is 12.1 Å². The van der Waals surface area contributed by atoms with Gasteiger partial charge in [0.25, 0.3) is 5.78 Å². The average molecular weight is 310 g/mol. The molecule has 0 bridgehead atoms. The Morgan fingerprint density at radius 3 is 2.50 bits per heavy atom. The highest BCUT2D eigenvalue weighted by atomic mass is 16.6. The molecule has 2 atom stereocenters. The monoisotopic (exact) mass is 310 g/mol. The molecule has 0 fully saturated rings. The fourth-order valence-electron chi connectivity index (χ4n) is 1.83. The third-order valence-electron chi connectivity index (χ3n) is 2.79. The van der Waals surface area contributed by atoms with Crippen LogP contribution in [0.5, 0.6) is 0 Å². The summed E-state index contributed by atoms with van der Waals surface area (Å²) in [6.45, 7) is 8.69. The van der Waals surface area contributed by atoms with Gasteiger partial charge in [0.05, 0.1) is 12.6 Å². The number of hydrogen-bond donors (Lipinski definition) is 1. The van der Waals surface area contributed by atoms with Gasteiger partial charge in [-0.2, -0.15) is 0 Å². The molecule has 7 heteroatoms. The van der Waals surface area contributed by atoms with Crippen LogP contribution in [0.25, 0.3) is 0 Å². The van der Waals surface area contributed by atoms with Crippen molar-refractivity contribution in [3.8, 4) is 0 Å². The van der Waals surface area contributed by atoms with Gasteiger partial charge in [-0.25, -0.2) is 9.59 Å². The Labute approximate surface area is 129 Å². The molecule has 0 aromatic heterocycles. The molecule has 22 heavy (non-hydrogen) atoms. The number of rotatable bonds is 4. The molecule has 0 aromatic carbocycles. The second kappa shape index (κ2) is 7.20. The second-order valence-electron chi connectivity index (χ2n) is 5.89. The van der Waals surface area contributed by atoms with E-state index in [4.69, 9.17) is 4.74 Å². The first-order valence-corrected chi connectivity index (χ1v) is 7.11. The predicted molar refractivity (Wildman–Crippen MR) is 80.5 cm³/mol. The molecule has 0 aromatic rings. The van der Waals surface area contributed by atoms with Crippen molar-refractivity contribution in [1.82, 2.24) is 5.32 Å². The molecule has 1 rings (SSSR count). The van der Waals surface area contributed by atoms with Gasteiger partial charge in [0.2, 0.25) is 0 Å². The minimum Gasteiger partial charge on any atom is -0.460 e. The van der Waals surface area contributed by atoms with Crippen LogP contribution in [0.15, 0.2) is 17.3 Å². The van der Waals surface area contributed by atoms with Crippen LogP contribution < -0.4 is 5.32 Å². The van der Waals surface area contributed by atoms with E-state index in [0.717, 1.165) is 0 Å². The molecule has 1 amide bonds. The SMILES string of the molecule is CCOC(=O)C(=O)C1=NC=CC(C)C1NC(=O)OC(C)(C)C. The number of carbonyl (C=O) groups is 3. The first kappa shape index (κ1) is 17.9. The fourth-order valence-corrected chi connectivity index (χ4v) is 1.83. The molecule has 0 saturated carbocycles. The number of nitrogens with one attached hydrogen (secondary N) is 1. The van der Waals surface area contributed by atoms with Crippen molar-refractivity contribution < 1.29 is 23.9 Å². The fraction of sp³-hybridized carbons (Fsp3) is 0.600. The summed E-state index contributed by atoms with van der Waals surface area (Å²) < 4.78 is 9.86. The summed E-state index contributed by atoms with van der Waals surface area (Å²) in [7, 11) is 0. The summed E-state index contributed by atoms with van der Waals surface area (Å²) in [6, 6.07) is -0.739. The molecule has 1 aliphatic heterocycles. The summed E-state index contributed by atoms with van der Waals surface area (Å²) in [5.41, 5.74) is -0.723. The van der Waals surface area contributed by atoms with Crippen LogP contribution in [0.3, 0.4) is 0 Å². The van der Waals surface area contributed by atoms with E-state index in [1.165, 1.54) is 6.20 Å². The molecular weight excluding hydrogens is 288 g/mol. The number of alkyl carbamates (subject to hydrolysis) is 1. The van der Waals surface area contributed by atoms with Gasteiger partial charge in [0.1, 0.15) is 11.3 Å². The number of hydrogen-bond acceptors (Lipinski definition) is 6. The van der Waals surface area contributed by atoms with Crippen molar-refractivity contribution in [2.24, 2.45) is 10.9 Å². The quantitative estimate of drug-likeness (QED) is 0.629. The van der Waals surface area contributed by atoms with Gasteiger partial charge in [-0.05, 0) is 27.7 Å². The number of amides is 1. The minimum absolute atomic E-state index is 0.0562. The standard InChI is InChI=1S/C15H22N2O5/c1-6-21-13(19)12(18)11-10(9(2)7-8-16-11)17-14(20)22-15(3,4)5/h7-10H,6H2,1-5H3,(H,17,20). The Bertz CT molecular complexity index is 517. The number of Topliss-reactive ketones (excluding diaryl/α,β-unsaturated/α-hetero) is 1. The van der Waals surface area contributed by atoms with E-state index in [9.17, 15) is 14.4 Å². The largest absolute Gasteiger partial charge is 0.460 e. The highest BCUT2D eigenvalue weighted by Gasteiger charge is 2.35. The first-order chi connectivity index (χ1) is 10.2. The van der Waals surface area contributed by atoms with E-state index in [0.29, 0.717) is 0 Å². The van der Waals surface area contributed by atoms with Gasteiger partial charge in [-0.3, -0.25) is 9.79 Å². The smallest absolute Gasteiger partial charge is 0.408 e. The van der Waals surface area contributed by atoms with Gasteiger partial charge in [-0.1, -0.05) is 13.0 Å². The lowest BCUT2D eigenvalue weighted by molar-refractivity contribution is -0.150. The van der Waals surface area contributed by atoms with Crippen LogP contribution in [-0.4, -0.2) is 41.8 Å². The predicted octanol–water partition coefficient (Wildman–Crippen LogP) is 1.62. The molecule has 0 saturated heterocycles. The van der Waals surface area contributed by atoms with Crippen LogP contribution in [0.2, 0.25) is 0 Å². The average Bonchev–Trinajstić information content (AvgIpc) is 2.38. The second-order valence-corrected chi connectivity index (χ2v) is 5.89. The van der Waals surface area contributed by atoms with Gasteiger partial charge in [0.15, 0.2) is 0 Å². The Balaban J connectivity index is 2.88. The van der Waals surface area contributed by atoms with Crippen LogP contribution >= 0.6 is 0 Å². The van der Waals surface area contributed by atoms with E-state index < -0.39 is 29.5 Å². The first-order valence-electron chi connectivity index (χ1n) is 7.11. The van der Waals surface area contributed by atoms with Crippen molar-refractivity contribution in [2.75, 3.05) is 6.61 Å². The van der Waals surface area contributed by atoms with E-state index in [2.05, 4.69) is 15.0 Å². The number of carbonyl (C=O) groups excluding carboxylic acids is 3. The Morgan fingerprint density at radius 1 is 1.32 bits per heavy atom. The summed E-state index contributed by atoms with van der Waals surface area (Å²) >= 11 is 0. The highest BCUT2D eigenvalue weighted by molar-refractivity contribution is 6.64. The number of ketones is 1. The van der Waals surface area contributed by atoms with E-state index in [-0.39, 0.29) is 18.2 Å². The summed E-state index contributed by atoms with van der Waals surface area (Å²) in [5, 5.41) is 2.58. The third-order valence-corrected chi connectivity index (χ3v) is 2.79. The molecule has 2 unspecified atom stereocenters. The number of esters is 1. The van der Waals surface area contributed by atoms with Crippen molar-refractivity contribution in [3.63, 3.8) is 0 Å². The molecule has 122 valence electrons. The van der Waals surface area contributed by atoms with Crippen LogP contribution in [0.1, 0.15) is 34.6 Å². The molecular formula is C15H22N2O5. The maximum atomic E-state index is 12.1. The van der Waals surface area contributed by atoms with Gasteiger partial charge in [0, 0.05) is 12.1 Å². The van der Waals surface area contributed by atoms with Crippen molar-refractivity contribution in [1.29, 1.82) is 0 Å². The van der Waals surface area contributed by atoms with E-state index in [1.54, 1.807) is 40.7 Å². The molecule has 1 N–H and O–H groups in total. The lowest BCUT2D eigenvalue weighted by Crippen LogP contribution is -2.51. The normalized spacial score (nSPS) is 20.9. The van der Waals surface area contributed by atoms with Gasteiger partial charge in [-0.15, -0.1) is 0 Å². The van der Waals surface area contributed by atoms with E-state index >= 15 is 0 Å². The Morgan fingerprint density at radius 2 is 1.95 bits per heavy atom. The van der Waals surface area contributed by atoms with Crippen molar-refractivity contribution in [2.45, 2.75) is 46.3 Å². The van der Waals surface area contributed by atoms with E-state index in [1.807, 2.05) is 0 Å². The number of aliphatic imine (C=N–C) groups is 1. The number of ether oxygens (including phenoxy) is 2. The van der Waals surface area contributed by atoms with Crippen molar-refractivity contribution >= 4 is 23.6 Å². The lowest BCUT2D eigenvalue weighted by atomic mass is 9.93. The van der Waals surface area contributed by atoms with Gasteiger partial charge < -0.3 is 14.8 Å². The van der Waals surface area contributed by atoms with Crippen LogP contribution in [-0.2, 0) is 19.1 Å². The topological polar surface area (TPSA) is 94.1 Å². The highest BCUT2D eigenvalue weighted by Crippen LogP contribution is 2.15. The Hall–Kier alpha value is -2.18. The minimum atomic E-state index is -0.986. The zero-order chi connectivity index (χ0) is 16.9. The molecule has 0 spiro atoms. The molecule has 0 aliphatic carbocycles. The third kappa shape index (κ3) is 4.98. The van der Waals surface area contributed by atoms with Crippen LogP contribution in [0.4, 0.5) is 4.79 Å². The summed E-state index contributed by atoms with van der Waals surface area (Å²) in [4.78, 5) is 39.5.